The van der Waals surface area contributed by atoms with E-state index in [9.17, 15) is 9.18 Å². The van der Waals surface area contributed by atoms with Crippen LogP contribution in [0.25, 0.3) is 15.5 Å². The quantitative estimate of drug-likeness (QED) is 0.639. The van der Waals surface area contributed by atoms with Crippen LogP contribution in [0.1, 0.15) is 0 Å². The molecule has 0 unspecified atom stereocenters. The predicted molar refractivity (Wildman–Crippen MR) is 64.2 cm³/mol. The fourth-order valence-corrected chi connectivity index (χ4v) is 3.72. The summed E-state index contributed by atoms with van der Waals surface area (Å²) in [5.41, 5.74) is -0.0984. The molecule has 84 valence electrons. The molecule has 3 rings (SSSR count). The Bertz CT molecular complexity index is 733. The average Bonchev–Trinajstić information content (AvgIpc) is 2.67. The maximum atomic E-state index is 13.1. The van der Waals surface area contributed by atoms with E-state index >= 15 is 0 Å². The molecule has 0 aliphatic heterocycles. The van der Waals surface area contributed by atoms with E-state index < -0.39 is 0 Å². The third-order valence-electron chi connectivity index (χ3n) is 2.41. The molecule has 0 fully saturated rings. The molecule has 0 amide bonds. The van der Waals surface area contributed by atoms with Gasteiger partial charge < -0.3 is 0 Å². The van der Waals surface area contributed by atoms with E-state index in [1.165, 1.54) is 18.2 Å². The molecule has 0 aliphatic carbocycles. The number of rotatable bonds is 1. The first-order chi connectivity index (χ1) is 8.25. The van der Waals surface area contributed by atoms with Gasteiger partial charge in [0.05, 0.1) is 0 Å². The molecule has 2 aromatic heterocycles. The van der Waals surface area contributed by atoms with E-state index in [1.54, 1.807) is 21.9 Å². The van der Waals surface area contributed by atoms with E-state index in [1.807, 2.05) is 6.07 Å². The topological polar surface area (TPSA) is 34.9 Å². The Morgan fingerprint density at radius 1 is 1.24 bits per heavy atom. The first kappa shape index (κ1) is 10.4. The first-order valence-electron chi connectivity index (χ1n) is 4.99. The van der Waals surface area contributed by atoms with Gasteiger partial charge in [-0.2, -0.15) is 0 Å². The van der Waals surface area contributed by atoms with Crippen molar-refractivity contribution in [2.45, 2.75) is 0 Å². The van der Waals surface area contributed by atoms with E-state index in [0.717, 1.165) is 4.26 Å². The van der Waals surface area contributed by atoms with Gasteiger partial charge in [-0.05, 0) is 0 Å². The van der Waals surface area contributed by atoms with E-state index in [2.05, 4.69) is 4.98 Å². The summed E-state index contributed by atoms with van der Waals surface area (Å²) in [5, 5.41) is 0.581. The Morgan fingerprint density at radius 2 is 2.12 bits per heavy atom. The SMILES string of the molecule is O=c1c2ccc(F)cc2[se]n1-c1ccccn1. The van der Waals surface area contributed by atoms with Crippen molar-refractivity contribution in [2.24, 2.45) is 0 Å². The second kappa shape index (κ2) is 3.95. The van der Waals surface area contributed by atoms with Crippen LogP contribution in [0, 0.1) is 5.82 Å². The van der Waals surface area contributed by atoms with Gasteiger partial charge in [0.25, 0.3) is 0 Å². The third kappa shape index (κ3) is 1.73. The van der Waals surface area contributed by atoms with E-state index in [-0.39, 0.29) is 26.1 Å². The molecule has 0 bridgehead atoms. The fraction of sp³-hybridized carbons (Fsp3) is 0. The molecule has 0 spiro atoms. The van der Waals surface area contributed by atoms with Gasteiger partial charge in [-0.15, -0.1) is 0 Å². The number of aromatic nitrogens is 2. The van der Waals surface area contributed by atoms with Crippen molar-refractivity contribution in [3.8, 4) is 5.82 Å². The second-order valence-corrected chi connectivity index (χ2v) is 5.59. The molecule has 0 saturated heterocycles. The summed E-state index contributed by atoms with van der Waals surface area (Å²) >= 11 is -0.233. The summed E-state index contributed by atoms with van der Waals surface area (Å²) in [6.45, 7) is 0. The van der Waals surface area contributed by atoms with Gasteiger partial charge in [-0.25, -0.2) is 0 Å². The fourth-order valence-electron chi connectivity index (χ4n) is 1.62. The van der Waals surface area contributed by atoms with Crippen LogP contribution in [0.4, 0.5) is 4.39 Å². The predicted octanol–water partition coefficient (Wildman–Crippen LogP) is 1.58. The summed E-state index contributed by atoms with van der Waals surface area (Å²) in [6, 6.07) is 9.68. The van der Waals surface area contributed by atoms with Crippen molar-refractivity contribution in [2.75, 3.05) is 0 Å². The number of fused-ring (bicyclic) bond motifs is 1. The molecule has 0 saturated carbocycles. The van der Waals surface area contributed by atoms with Crippen molar-refractivity contribution in [1.82, 2.24) is 8.55 Å². The van der Waals surface area contributed by atoms with Gasteiger partial charge in [0.15, 0.2) is 0 Å². The third-order valence-corrected chi connectivity index (χ3v) is 4.65. The van der Waals surface area contributed by atoms with E-state index in [4.69, 9.17) is 0 Å². The van der Waals surface area contributed by atoms with Crippen LogP contribution in [0.15, 0.2) is 47.4 Å². The molecule has 0 N–H and O–H groups in total. The van der Waals surface area contributed by atoms with Crippen molar-refractivity contribution in [1.29, 1.82) is 0 Å². The molecule has 17 heavy (non-hydrogen) atoms. The molecule has 0 aliphatic rings. The second-order valence-electron chi connectivity index (χ2n) is 3.52. The summed E-state index contributed by atoms with van der Waals surface area (Å²) in [6.07, 6.45) is 1.64. The summed E-state index contributed by atoms with van der Waals surface area (Å²) < 4.78 is 15.5. The molecular formula is C12H7FN2OSe. The minimum absolute atomic E-state index is 0.0984. The number of hydrogen-bond acceptors (Lipinski definition) is 2. The molecule has 5 heteroatoms. The number of benzene rings is 1. The van der Waals surface area contributed by atoms with Gasteiger partial charge in [0, 0.05) is 0 Å². The average molecular weight is 293 g/mol. The zero-order chi connectivity index (χ0) is 11.8. The van der Waals surface area contributed by atoms with Crippen LogP contribution < -0.4 is 5.56 Å². The first-order valence-corrected chi connectivity index (χ1v) is 6.61. The maximum absolute atomic E-state index is 13.1. The Kier molecular flexibility index (Phi) is 2.42. The number of halogens is 1. The van der Waals surface area contributed by atoms with Crippen LogP contribution in [-0.2, 0) is 0 Å². The minimum atomic E-state index is -0.304. The molecule has 0 atom stereocenters. The summed E-state index contributed by atoms with van der Waals surface area (Å²) in [4.78, 5) is 16.2. The molecule has 3 aromatic rings. The number of nitrogens with zero attached hydrogens (tertiary/aromatic N) is 2. The van der Waals surface area contributed by atoms with Gasteiger partial charge in [-0.3, -0.25) is 0 Å². The van der Waals surface area contributed by atoms with Crippen molar-refractivity contribution >= 4 is 24.4 Å². The van der Waals surface area contributed by atoms with Gasteiger partial charge in [0.1, 0.15) is 0 Å². The van der Waals surface area contributed by atoms with Crippen LogP contribution in [0.3, 0.4) is 0 Å². The Morgan fingerprint density at radius 3 is 2.88 bits per heavy atom. The van der Waals surface area contributed by atoms with Crippen LogP contribution >= 0.6 is 0 Å². The van der Waals surface area contributed by atoms with Crippen LogP contribution in [0.2, 0.25) is 0 Å². The van der Waals surface area contributed by atoms with Gasteiger partial charge >= 0.3 is 102 Å². The van der Waals surface area contributed by atoms with Crippen LogP contribution in [0.5, 0.6) is 0 Å². The van der Waals surface area contributed by atoms with Crippen molar-refractivity contribution in [3.05, 3.63) is 58.8 Å². The normalized spacial score (nSPS) is 10.9. The van der Waals surface area contributed by atoms with Gasteiger partial charge in [0.2, 0.25) is 0 Å². The number of pyridine rings is 1. The molecule has 3 nitrogen and oxygen atoms in total. The number of hydrogen-bond donors (Lipinski definition) is 0. The molecule has 2 heterocycles. The van der Waals surface area contributed by atoms with Gasteiger partial charge in [-0.1, -0.05) is 0 Å². The molecular weight excluding hydrogens is 286 g/mol. The van der Waals surface area contributed by atoms with E-state index in [0.29, 0.717) is 11.2 Å². The Hall–Kier alpha value is -1.71. The zero-order valence-corrected chi connectivity index (χ0v) is 10.3. The van der Waals surface area contributed by atoms with Crippen molar-refractivity contribution < 1.29 is 4.39 Å². The Balaban J connectivity index is 2.32. The molecule has 1 aromatic carbocycles. The van der Waals surface area contributed by atoms with Crippen molar-refractivity contribution in [3.63, 3.8) is 0 Å². The summed E-state index contributed by atoms with van der Waals surface area (Å²) in [7, 11) is 0. The Labute approximate surface area is 102 Å². The molecule has 0 radical (unpaired) electrons. The summed E-state index contributed by atoms with van der Waals surface area (Å²) in [5.74, 6) is 0.315. The monoisotopic (exact) mass is 294 g/mol. The van der Waals surface area contributed by atoms with Crippen LogP contribution in [-0.4, -0.2) is 23.3 Å². The standard InChI is InChI=1S/C12H7FN2OSe/c13-8-4-5-9-10(7-8)17-15(12(9)16)11-3-1-2-6-14-11/h1-7H. The zero-order valence-electron chi connectivity index (χ0n) is 8.63.